The van der Waals surface area contributed by atoms with Gasteiger partial charge in [0, 0.05) is 27.5 Å². The molecule has 9 rings (SSSR count). The molecule has 0 aliphatic carbocycles. The lowest BCUT2D eigenvalue weighted by Crippen LogP contribution is -1.91. The quantitative estimate of drug-likeness (QED) is 0.206. The lowest BCUT2D eigenvalue weighted by atomic mass is 9.93. The van der Waals surface area contributed by atoms with E-state index in [9.17, 15) is 0 Å². The van der Waals surface area contributed by atoms with Crippen LogP contribution in [0.2, 0.25) is 0 Å². The molecule has 0 fully saturated rings. The minimum absolute atomic E-state index is 0.894. The fourth-order valence-electron chi connectivity index (χ4n) is 6.62. The number of para-hydroxylation sites is 1. The standard InChI is InChI=1S/C41H25NO/c1-3-12-26(13-4-1)38-22-28(23-39(42-38)27-14-5-2-6-15-27)29-20-11-21-34-37-24-35-32-18-9-7-16-30(32)31-17-8-10-19-33(31)36(35)25-40(37)43-41(29)34/h1-25H. The highest BCUT2D eigenvalue weighted by Gasteiger charge is 2.17. The molecule has 0 aliphatic rings. The van der Waals surface area contributed by atoms with Gasteiger partial charge in [-0.15, -0.1) is 0 Å². The first kappa shape index (κ1) is 23.9. The SMILES string of the molecule is c1ccc(-c2cc(-c3cccc4c3oc3cc5c6ccccc6c6ccccc6c5cc34)cc(-c3ccccc3)n2)cc1. The van der Waals surface area contributed by atoms with Gasteiger partial charge in [-0.1, -0.05) is 127 Å². The van der Waals surface area contributed by atoms with Crippen LogP contribution in [-0.4, -0.2) is 4.98 Å². The highest BCUT2D eigenvalue weighted by Crippen LogP contribution is 2.42. The van der Waals surface area contributed by atoms with Crippen molar-refractivity contribution in [2.75, 3.05) is 0 Å². The molecule has 0 saturated carbocycles. The van der Waals surface area contributed by atoms with Crippen LogP contribution in [0.5, 0.6) is 0 Å². The Labute approximate surface area is 248 Å². The van der Waals surface area contributed by atoms with Crippen molar-refractivity contribution in [3.8, 4) is 33.6 Å². The normalized spacial score (nSPS) is 11.7. The minimum Gasteiger partial charge on any atom is -0.455 e. The Hall–Kier alpha value is -5.73. The van der Waals surface area contributed by atoms with Gasteiger partial charge in [-0.3, -0.25) is 0 Å². The van der Waals surface area contributed by atoms with Gasteiger partial charge in [-0.05, 0) is 62.1 Å². The summed E-state index contributed by atoms with van der Waals surface area (Å²) in [5, 5.41) is 9.75. The maximum atomic E-state index is 6.78. The van der Waals surface area contributed by atoms with E-state index in [4.69, 9.17) is 9.40 Å². The second-order valence-electron chi connectivity index (χ2n) is 11.1. The summed E-state index contributed by atoms with van der Waals surface area (Å²) in [7, 11) is 0. The second kappa shape index (κ2) is 9.40. The van der Waals surface area contributed by atoms with Gasteiger partial charge in [0.05, 0.1) is 11.4 Å². The molecule has 0 atom stereocenters. The van der Waals surface area contributed by atoms with Gasteiger partial charge in [0.1, 0.15) is 11.2 Å². The zero-order chi connectivity index (χ0) is 28.3. The predicted octanol–water partition coefficient (Wildman–Crippen LogP) is 11.4. The molecule has 2 nitrogen and oxygen atoms in total. The summed E-state index contributed by atoms with van der Waals surface area (Å²) in [6, 6.07) is 53.6. The molecular weight excluding hydrogens is 522 g/mol. The number of aromatic nitrogens is 1. The van der Waals surface area contributed by atoms with Crippen LogP contribution in [0.1, 0.15) is 0 Å². The molecule has 9 aromatic rings. The van der Waals surface area contributed by atoms with Gasteiger partial charge in [-0.2, -0.15) is 0 Å². The van der Waals surface area contributed by atoms with E-state index in [1.807, 2.05) is 12.1 Å². The van der Waals surface area contributed by atoms with Crippen molar-refractivity contribution in [3.05, 3.63) is 152 Å². The van der Waals surface area contributed by atoms with Gasteiger partial charge >= 0.3 is 0 Å². The van der Waals surface area contributed by atoms with Gasteiger partial charge in [0.15, 0.2) is 0 Å². The van der Waals surface area contributed by atoms with Crippen LogP contribution in [0.15, 0.2) is 156 Å². The number of benzene rings is 7. The fourth-order valence-corrected chi connectivity index (χ4v) is 6.62. The van der Waals surface area contributed by atoms with Crippen molar-refractivity contribution in [1.82, 2.24) is 4.98 Å². The number of fused-ring (bicyclic) bond motifs is 9. The first-order chi connectivity index (χ1) is 21.3. The van der Waals surface area contributed by atoms with E-state index in [0.29, 0.717) is 0 Å². The summed E-state index contributed by atoms with van der Waals surface area (Å²) in [4.78, 5) is 5.09. The van der Waals surface area contributed by atoms with Crippen molar-refractivity contribution >= 4 is 54.3 Å². The Morgan fingerprint density at radius 2 is 0.837 bits per heavy atom. The highest BCUT2D eigenvalue weighted by atomic mass is 16.3. The first-order valence-corrected chi connectivity index (χ1v) is 14.6. The van der Waals surface area contributed by atoms with Crippen molar-refractivity contribution < 1.29 is 4.42 Å². The highest BCUT2D eigenvalue weighted by molar-refractivity contribution is 6.28. The van der Waals surface area contributed by atoms with Crippen molar-refractivity contribution in [1.29, 1.82) is 0 Å². The van der Waals surface area contributed by atoms with Crippen LogP contribution < -0.4 is 0 Å². The molecule has 7 aromatic carbocycles. The molecule has 0 radical (unpaired) electrons. The summed E-state index contributed by atoms with van der Waals surface area (Å²) in [5.41, 5.74) is 7.98. The third-order valence-corrected chi connectivity index (χ3v) is 8.64. The summed E-state index contributed by atoms with van der Waals surface area (Å²) in [5.74, 6) is 0. The van der Waals surface area contributed by atoms with E-state index in [0.717, 1.165) is 55.6 Å². The van der Waals surface area contributed by atoms with Crippen molar-refractivity contribution in [2.24, 2.45) is 0 Å². The Balaban J connectivity index is 1.34. The molecule has 0 spiro atoms. The molecule has 0 bridgehead atoms. The van der Waals surface area contributed by atoms with E-state index in [-0.39, 0.29) is 0 Å². The molecular formula is C41H25NO. The smallest absolute Gasteiger partial charge is 0.143 e. The topological polar surface area (TPSA) is 26.0 Å². The number of pyridine rings is 1. The summed E-state index contributed by atoms with van der Waals surface area (Å²) < 4.78 is 6.78. The van der Waals surface area contributed by atoms with E-state index in [1.54, 1.807) is 0 Å². The lowest BCUT2D eigenvalue weighted by molar-refractivity contribution is 0.670. The lowest BCUT2D eigenvalue weighted by Gasteiger charge is -2.10. The number of hydrogen-bond donors (Lipinski definition) is 0. The average Bonchev–Trinajstić information content (AvgIpc) is 3.46. The zero-order valence-electron chi connectivity index (χ0n) is 23.3. The number of furan rings is 1. The number of hydrogen-bond acceptors (Lipinski definition) is 2. The molecule has 0 amide bonds. The van der Waals surface area contributed by atoms with E-state index >= 15 is 0 Å². The first-order valence-electron chi connectivity index (χ1n) is 14.6. The monoisotopic (exact) mass is 547 g/mol. The predicted molar refractivity (Wildman–Crippen MR) is 180 cm³/mol. The fraction of sp³-hybridized carbons (Fsp3) is 0. The number of nitrogens with zero attached hydrogens (tertiary/aromatic N) is 1. The second-order valence-corrected chi connectivity index (χ2v) is 11.1. The molecule has 0 aliphatic heterocycles. The Kier molecular flexibility index (Phi) is 5.23. The van der Waals surface area contributed by atoms with Gasteiger partial charge in [0.25, 0.3) is 0 Å². The molecule has 0 saturated heterocycles. The Morgan fingerprint density at radius 3 is 1.42 bits per heavy atom. The molecule has 0 unspecified atom stereocenters. The summed E-state index contributed by atoms with van der Waals surface area (Å²) >= 11 is 0. The summed E-state index contributed by atoms with van der Waals surface area (Å²) in [6.07, 6.45) is 0. The maximum Gasteiger partial charge on any atom is 0.143 e. The van der Waals surface area contributed by atoms with E-state index < -0.39 is 0 Å². The third-order valence-electron chi connectivity index (χ3n) is 8.64. The van der Waals surface area contributed by atoms with Crippen LogP contribution in [0, 0.1) is 0 Å². The minimum atomic E-state index is 0.894. The van der Waals surface area contributed by atoms with Crippen LogP contribution in [-0.2, 0) is 0 Å². The molecule has 43 heavy (non-hydrogen) atoms. The summed E-state index contributed by atoms with van der Waals surface area (Å²) in [6.45, 7) is 0. The van der Waals surface area contributed by atoms with Crippen LogP contribution in [0.3, 0.4) is 0 Å². The Bertz CT molecular complexity index is 2430. The third kappa shape index (κ3) is 3.77. The van der Waals surface area contributed by atoms with Crippen LogP contribution >= 0.6 is 0 Å². The zero-order valence-corrected chi connectivity index (χ0v) is 23.3. The molecule has 0 N–H and O–H groups in total. The van der Waals surface area contributed by atoms with Gasteiger partial charge in [0.2, 0.25) is 0 Å². The molecule has 2 heteroatoms. The van der Waals surface area contributed by atoms with Gasteiger partial charge < -0.3 is 4.42 Å². The number of rotatable bonds is 3. The van der Waals surface area contributed by atoms with Crippen LogP contribution in [0.4, 0.5) is 0 Å². The van der Waals surface area contributed by atoms with Crippen molar-refractivity contribution in [3.63, 3.8) is 0 Å². The molecule has 2 aromatic heterocycles. The molecule has 200 valence electrons. The molecule has 2 heterocycles. The van der Waals surface area contributed by atoms with E-state index in [2.05, 4.69) is 140 Å². The largest absolute Gasteiger partial charge is 0.455 e. The maximum absolute atomic E-state index is 6.78. The van der Waals surface area contributed by atoms with E-state index in [1.165, 1.54) is 32.3 Å². The van der Waals surface area contributed by atoms with Crippen molar-refractivity contribution in [2.45, 2.75) is 0 Å². The van der Waals surface area contributed by atoms with Crippen LogP contribution in [0.25, 0.3) is 87.9 Å². The average molecular weight is 548 g/mol. The Morgan fingerprint density at radius 1 is 0.349 bits per heavy atom. The van der Waals surface area contributed by atoms with Gasteiger partial charge in [-0.25, -0.2) is 4.98 Å².